The highest BCUT2D eigenvalue weighted by atomic mass is 16.5. The number of hydrogen-bond acceptors (Lipinski definition) is 3. The van der Waals surface area contributed by atoms with Gasteiger partial charge in [-0.3, -0.25) is 9.59 Å². The third kappa shape index (κ3) is 7.17. The van der Waals surface area contributed by atoms with Crippen LogP contribution in [0.3, 0.4) is 0 Å². The predicted octanol–water partition coefficient (Wildman–Crippen LogP) is 1.20. The summed E-state index contributed by atoms with van der Waals surface area (Å²) in [6.45, 7) is 3.15. The minimum atomic E-state index is -0.916. The number of hydrogen-bond donors (Lipinski definition) is 1. The molecule has 14 heavy (non-hydrogen) atoms. The van der Waals surface area contributed by atoms with Gasteiger partial charge in [0.1, 0.15) is 0 Å². The highest BCUT2D eigenvalue weighted by molar-refractivity contribution is 5.68. The summed E-state index contributed by atoms with van der Waals surface area (Å²) in [5, 5.41) is 8.43. The molecule has 0 bridgehead atoms. The van der Waals surface area contributed by atoms with Gasteiger partial charge in [0.05, 0.1) is 0 Å². The van der Waals surface area contributed by atoms with Crippen molar-refractivity contribution >= 4 is 11.9 Å². The Labute approximate surface area is 83.3 Å². The number of carboxylic acids is 1. The molecular formula is C10H14O4. The van der Waals surface area contributed by atoms with Crippen molar-refractivity contribution in [3.8, 4) is 11.8 Å². The molecule has 0 aliphatic heterocycles. The van der Waals surface area contributed by atoms with Gasteiger partial charge < -0.3 is 9.84 Å². The molecule has 0 aromatic rings. The summed E-state index contributed by atoms with van der Waals surface area (Å²) < 4.78 is 4.83. The maximum Gasteiger partial charge on any atom is 0.303 e. The van der Waals surface area contributed by atoms with Crippen molar-refractivity contribution in [3.63, 3.8) is 0 Å². The van der Waals surface area contributed by atoms with Crippen LogP contribution in [0.5, 0.6) is 0 Å². The predicted molar refractivity (Wildman–Crippen MR) is 50.5 cm³/mol. The first-order valence-corrected chi connectivity index (χ1v) is 4.43. The molecule has 0 aromatic carbocycles. The van der Waals surface area contributed by atoms with Crippen LogP contribution < -0.4 is 0 Å². The molecule has 0 heterocycles. The average molecular weight is 198 g/mol. The van der Waals surface area contributed by atoms with Gasteiger partial charge in [0.2, 0.25) is 0 Å². The fraction of sp³-hybridized carbons (Fsp3) is 0.600. The standard InChI is InChI=1S/C10H14O4/c1-3-4-5-9(14-8(2)11)6-7-10(12)13/h9H,3,6-7H2,1-2H3,(H,12,13). The van der Waals surface area contributed by atoms with E-state index in [-0.39, 0.29) is 12.8 Å². The molecule has 0 rings (SSSR count). The van der Waals surface area contributed by atoms with Crippen molar-refractivity contribution < 1.29 is 19.4 Å². The van der Waals surface area contributed by atoms with Crippen LogP contribution in [0.25, 0.3) is 0 Å². The molecule has 4 nitrogen and oxygen atoms in total. The summed E-state index contributed by atoms with van der Waals surface area (Å²) in [5.41, 5.74) is 0. The molecule has 0 radical (unpaired) electrons. The fourth-order valence-corrected chi connectivity index (χ4v) is 0.831. The van der Waals surface area contributed by atoms with Crippen LogP contribution in [0, 0.1) is 11.8 Å². The van der Waals surface area contributed by atoms with Gasteiger partial charge in [-0.15, -0.1) is 0 Å². The number of carbonyl (C=O) groups excluding carboxylic acids is 1. The van der Waals surface area contributed by atoms with E-state index >= 15 is 0 Å². The van der Waals surface area contributed by atoms with Crippen molar-refractivity contribution in [3.05, 3.63) is 0 Å². The van der Waals surface area contributed by atoms with E-state index in [9.17, 15) is 9.59 Å². The lowest BCUT2D eigenvalue weighted by Crippen LogP contribution is -2.15. The number of aliphatic carboxylic acids is 1. The first kappa shape index (κ1) is 12.5. The SMILES string of the molecule is CCC#CC(CCC(=O)O)OC(C)=O. The van der Waals surface area contributed by atoms with Crippen molar-refractivity contribution in [2.24, 2.45) is 0 Å². The Balaban J connectivity index is 4.10. The maximum atomic E-state index is 10.6. The van der Waals surface area contributed by atoms with E-state index in [1.165, 1.54) is 6.92 Å². The lowest BCUT2D eigenvalue weighted by molar-refractivity contribution is -0.146. The topological polar surface area (TPSA) is 63.6 Å². The van der Waals surface area contributed by atoms with Crippen LogP contribution in [0.15, 0.2) is 0 Å². The first-order chi connectivity index (χ1) is 6.56. The van der Waals surface area contributed by atoms with Gasteiger partial charge in [-0.05, 0) is 0 Å². The number of rotatable bonds is 4. The first-order valence-electron chi connectivity index (χ1n) is 4.43. The number of carboxylic acid groups (broad SMARTS) is 1. The summed E-state index contributed by atoms with van der Waals surface area (Å²) in [6.07, 6.45) is 0.256. The summed E-state index contributed by atoms with van der Waals surface area (Å²) in [7, 11) is 0. The zero-order valence-corrected chi connectivity index (χ0v) is 8.37. The van der Waals surface area contributed by atoms with E-state index < -0.39 is 18.0 Å². The molecular weight excluding hydrogens is 184 g/mol. The zero-order valence-electron chi connectivity index (χ0n) is 8.37. The molecule has 78 valence electrons. The molecule has 0 saturated carbocycles. The molecule has 4 heteroatoms. The Morgan fingerprint density at radius 3 is 2.57 bits per heavy atom. The summed E-state index contributed by atoms with van der Waals surface area (Å²) in [5.74, 6) is 4.10. The van der Waals surface area contributed by atoms with Crippen molar-refractivity contribution in [1.29, 1.82) is 0 Å². The Morgan fingerprint density at radius 2 is 2.14 bits per heavy atom. The van der Waals surface area contributed by atoms with Gasteiger partial charge in [-0.25, -0.2) is 0 Å². The largest absolute Gasteiger partial charge is 0.481 e. The minimum Gasteiger partial charge on any atom is -0.481 e. The molecule has 1 atom stereocenters. The van der Waals surface area contributed by atoms with Gasteiger partial charge in [0.25, 0.3) is 0 Å². The molecule has 0 fully saturated rings. The summed E-state index contributed by atoms with van der Waals surface area (Å²) >= 11 is 0. The van der Waals surface area contributed by atoms with E-state index in [0.29, 0.717) is 6.42 Å². The lowest BCUT2D eigenvalue weighted by atomic mass is 10.2. The molecule has 0 aliphatic rings. The maximum absolute atomic E-state index is 10.6. The number of ether oxygens (including phenoxy) is 1. The highest BCUT2D eigenvalue weighted by Crippen LogP contribution is 2.02. The quantitative estimate of drug-likeness (QED) is 0.544. The monoisotopic (exact) mass is 198 g/mol. The smallest absolute Gasteiger partial charge is 0.303 e. The number of carbonyl (C=O) groups is 2. The van der Waals surface area contributed by atoms with E-state index in [2.05, 4.69) is 11.8 Å². The van der Waals surface area contributed by atoms with Crippen LogP contribution in [-0.4, -0.2) is 23.1 Å². The fourth-order valence-electron chi connectivity index (χ4n) is 0.831. The van der Waals surface area contributed by atoms with Gasteiger partial charge >= 0.3 is 11.9 Å². The Bertz CT molecular complexity index is 259. The van der Waals surface area contributed by atoms with Gasteiger partial charge in [0.15, 0.2) is 6.10 Å². The van der Waals surface area contributed by atoms with E-state index in [0.717, 1.165) is 0 Å². The molecule has 0 aliphatic carbocycles. The normalized spacial score (nSPS) is 11.0. The van der Waals surface area contributed by atoms with E-state index in [1.807, 2.05) is 6.92 Å². The van der Waals surface area contributed by atoms with Gasteiger partial charge in [0, 0.05) is 26.2 Å². The van der Waals surface area contributed by atoms with Crippen LogP contribution in [0.4, 0.5) is 0 Å². The Hall–Kier alpha value is -1.50. The summed E-state index contributed by atoms with van der Waals surface area (Å²) in [6, 6.07) is 0. The lowest BCUT2D eigenvalue weighted by Gasteiger charge is -2.08. The van der Waals surface area contributed by atoms with Crippen LogP contribution in [0.2, 0.25) is 0 Å². The second-order valence-corrected chi connectivity index (χ2v) is 2.71. The van der Waals surface area contributed by atoms with E-state index in [4.69, 9.17) is 9.84 Å². The van der Waals surface area contributed by atoms with Gasteiger partial charge in [-0.1, -0.05) is 18.8 Å². The molecule has 1 unspecified atom stereocenters. The highest BCUT2D eigenvalue weighted by Gasteiger charge is 2.10. The zero-order chi connectivity index (χ0) is 11.0. The Morgan fingerprint density at radius 1 is 1.50 bits per heavy atom. The number of esters is 1. The minimum absolute atomic E-state index is 0.0453. The van der Waals surface area contributed by atoms with E-state index in [1.54, 1.807) is 0 Å². The van der Waals surface area contributed by atoms with Gasteiger partial charge in [-0.2, -0.15) is 0 Å². The molecule has 0 aromatic heterocycles. The van der Waals surface area contributed by atoms with Crippen molar-refractivity contribution in [1.82, 2.24) is 0 Å². The van der Waals surface area contributed by atoms with Crippen LogP contribution >= 0.6 is 0 Å². The van der Waals surface area contributed by atoms with Crippen LogP contribution in [-0.2, 0) is 14.3 Å². The molecule has 0 saturated heterocycles. The molecule has 1 N–H and O–H groups in total. The second-order valence-electron chi connectivity index (χ2n) is 2.71. The van der Waals surface area contributed by atoms with Crippen molar-refractivity contribution in [2.45, 2.75) is 39.2 Å². The van der Waals surface area contributed by atoms with Crippen molar-refractivity contribution in [2.75, 3.05) is 0 Å². The average Bonchev–Trinajstić information content (AvgIpc) is 2.09. The Kier molecular flexibility index (Phi) is 6.21. The third-order valence-electron chi connectivity index (χ3n) is 1.37. The second kappa shape index (κ2) is 6.96. The molecule has 0 spiro atoms. The molecule has 0 amide bonds. The summed E-state index contributed by atoms with van der Waals surface area (Å²) in [4.78, 5) is 20.9. The third-order valence-corrected chi connectivity index (χ3v) is 1.37. The van der Waals surface area contributed by atoms with Crippen LogP contribution in [0.1, 0.15) is 33.1 Å².